The minimum absolute atomic E-state index is 0.614. The third-order valence-electron chi connectivity index (χ3n) is 2.08. The molecule has 0 N–H and O–H groups in total. The minimum atomic E-state index is 0.614. The Labute approximate surface area is 87.9 Å². The molecular formula is C12H11NO2. The summed E-state index contributed by atoms with van der Waals surface area (Å²) in [6.45, 7) is 0. The third-order valence-corrected chi connectivity index (χ3v) is 2.08. The zero-order valence-electron chi connectivity index (χ0n) is 8.38. The predicted octanol–water partition coefficient (Wildman–Crippen LogP) is 2.63. The predicted molar refractivity (Wildman–Crippen MR) is 57.3 cm³/mol. The first-order valence-electron chi connectivity index (χ1n) is 4.64. The van der Waals surface area contributed by atoms with Crippen LogP contribution >= 0.6 is 0 Å². The average Bonchev–Trinajstić information content (AvgIpc) is 2.61. The van der Waals surface area contributed by atoms with Gasteiger partial charge in [0, 0.05) is 24.9 Å². The second-order valence-electron chi connectivity index (χ2n) is 3.26. The summed E-state index contributed by atoms with van der Waals surface area (Å²) in [4.78, 5) is 10.6. The largest absolute Gasteiger partial charge is 0.441 e. The van der Waals surface area contributed by atoms with Crippen molar-refractivity contribution in [3.8, 4) is 11.6 Å². The van der Waals surface area contributed by atoms with E-state index in [1.165, 1.54) is 0 Å². The van der Waals surface area contributed by atoms with Gasteiger partial charge in [-0.15, -0.1) is 0 Å². The van der Waals surface area contributed by atoms with Crippen LogP contribution < -0.4 is 4.74 Å². The standard InChI is InChI=1S/C12H11NO2/c1-13-8-10(9-14)7-12(13)15-11-5-3-2-4-6-11/h2-9H,1H3. The summed E-state index contributed by atoms with van der Waals surface area (Å²) in [6.07, 6.45) is 2.53. The zero-order chi connectivity index (χ0) is 10.7. The molecule has 0 saturated carbocycles. The van der Waals surface area contributed by atoms with Gasteiger partial charge in [-0.1, -0.05) is 18.2 Å². The summed E-state index contributed by atoms with van der Waals surface area (Å²) in [5.41, 5.74) is 0.614. The molecule has 3 nitrogen and oxygen atoms in total. The van der Waals surface area contributed by atoms with Gasteiger partial charge >= 0.3 is 0 Å². The number of aromatic nitrogens is 1. The highest BCUT2D eigenvalue weighted by atomic mass is 16.5. The van der Waals surface area contributed by atoms with Crippen LogP contribution in [0.25, 0.3) is 0 Å². The Morgan fingerprint density at radius 2 is 2.00 bits per heavy atom. The van der Waals surface area contributed by atoms with Crippen molar-refractivity contribution in [2.24, 2.45) is 7.05 Å². The lowest BCUT2D eigenvalue weighted by molar-refractivity contribution is 0.112. The second kappa shape index (κ2) is 4.00. The molecule has 1 aromatic carbocycles. The van der Waals surface area contributed by atoms with Crippen LogP contribution in [0.4, 0.5) is 0 Å². The molecule has 3 heteroatoms. The molecule has 0 bridgehead atoms. The molecule has 1 heterocycles. The molecule has 0 aliphatic rings. The Morgan fingerprint density at radius 1 is 1.27 bits per heavy atom. The van der Waals surface area contributed by atoms with E-state index in [2.05, 4.69) is 0 Å². The van der Waals surface area contributed by atoms with Crippen LogP contribution in [0.15, 0.2) is 42.6 Å². The van der Waals surface area contributed by atoms with Gasteiger partial charge in [-0.05, 0) is 12.1 Å². The molecule has 0 atom stereocenters. The van der Waals surface area contributed by atoms with Gasteiger partial charge in [0.05, 0.1) is 0 Å². The number of aryl methyl sites for hydroxylation is 1. The molecule has 1 aromatic heterocycles. The van der Waals surface area contributed by atoms with Crippen molar-refractivity contribution in [1.82, 2.24) is 4.57 Å². The van der Waals surface area contributed by atoms with Crippen LogP contribution in [-0.2, 0) is 7.05 Å². The van der Waals surface area contributed by atoms with E-state index in [1.807, 2.05) is 37.4 Å². The molecule has 76 valence electrons. The van der Waals surface area contributed by atoms with Gasteiger partial charge in [0.2, 0.25) is 0 Å². The fourth-order valence-corrected chi connectivity index (χ4v) is 1.34. The molecule has 0 spiro atoms. The maximum atomic E-state index is 10.6. The van der Waals surface area contributed by atoms with Gasteiger partial charge in [-0.2, -0.15) is 0 Å². The molecule has 2 rings (SSSR count). The van der Waals surface area contributed by atoms with E-state index in [4.69, 9.17) is 4.74 Å². The van der Waals surface area contributed by atoms with Gasteiger partial charge in [0.25, 0.3) is 0 Å². The van der Waals surface area contributed by atoms with E-state index in [0.717, 1.165) is 12.0 Å². The lowest BCUT2D eigenvalue weighted by Gasteiger charge is -2.05. The summed E-state index contributed by atoms with van der Waals surface area (Å²) >= 11 is 0. The molecule has 0 saturated heterocycles. The topological polar surface area (TPSA) is 31.2 Å². The summed E-state index contributed by atoms with van der Waals surface area (Å²) in [7, 11) is 1.84. The van der Waals surface area contributed by atoms with Crippen LogP contribution in [0.3, 0.4) is 0 Å². The van der Waals surface area contributed by atoms with Gasteiger partial charge in [0.1, 0.15) is 5.75 Å². The van der Waals surface area contributed by atoms with E-state index >= 15 is 0 Å². The fourth-order valence-electron chi connectivity index (χ4n) is 1.34. The summed E-state index contributed by atoms with van der Waals surface area (Å²) in [5.74, 6) is 1.42. The van der Waals surface area contributed by atoms with E-state index < -0.39 is 0 Å². The van der Waals surface area contributed by atoms with Crippen molar-refractivity contribution in [3.63, 3.8) is 0 Å². The number of carbonyl (C=O) groups excluding carboxylic acids is 1. The number of ether oxygens (including phenoxy) is 1. The van der Waals surface area contributed by atoms with Crippen molar-refractivity contribution < 1.29 is 9.53 Å². The summed E-state index contributed by atoms with van der Waals surface area (Å²) < 4.78 is 7.37. The number of aldehydes is 1. The van der Waals surface area contributed by atoms with E-state index in [-0.39, 0.29) is 0 Å². The first kappa shape index (κ1) is 9.52. The van der Waals surface area contributed by atoms with Crippen molar-refractivity contribution in [2.45, 2.75) is 0 Å². The van der Waals surface area contributed by atoms with Gasteiger partial charge in [-0.3, -0.25) is 4.79 Å². The van der Waals surface area contributed by atoms with Crippen LogP contribution in [0.1, 0.15) is 10.4 Å². The molecule has 2 aromatic rings. The van der Waals surface area contributed by atoms with Crippen LogP contribution in [0, 0.1) is 0 Å². The number of benzene rings is 1. The number of para-hydroxylation sites is 1. The Morgan fingerprint density at radius 3 is 2.60 bits per heavy atom. The number of hydrogen-bond donors (Lipinski definition) is 0. The normalized spacial score (nSPS) is 9.93. The smallest absolute Gasteiger partial charge is 0.200 e. The van der Waals surface area contributed by atoms with Crippen molar-refractivity contribution in [3.05, 3.63) is 48.2 Å². The molecular weight excluding hydrogens is 190 g/mol. The van der Waals surface area contributed by atoms with E-state index in [1.54, 1.807) is 16.8 Å². The van der Waals surface area contributed by atoms with Crippen LogP contribution in [0.5, 0.6) is 11.6 Å². The third kappa shape index (κ3) is 2.07. The monoisotopic (exact) mass is 201 g/mol. The maximum absolute atomic E-state index is 10.6. The quantitative estimate of drug-likeness (QED) is 0.715. The van der Waals surface area contributed by atoms with Gasteiger partial charge in [0.15, 0.2) is 12.2 Å². The first-order valence-corrected chi connectivity index (χ1v) is 4.64. The number of rotatable bonds is 3. The second-order valence-corrected chi connectivity index (χ2v) is 3.26. The Balaban J connectivity index is 2.24. The molecule has 15 heavy (non-hydrogen) atoms. The molecule has 0 aliphatic heterocycles. The van der Waals surface area contributed by atoms with E-state index in [9.17, 15) is 4.79 Å². The minimum Gasteiger partial charge on any atom is -0.441 e. The highest BCUT2D eigenvalue weighted by Gasteiger charge is 2.03. The summed E-state index contributed by atoms with van der Waals surface area (Å²) in [6, 6.07) is 11.2. The molecule has 0 fully saturated rings. The number of nitrogens with zero attached hydrogens (tertiary/aromatic N) is 1. The molecule has 0 aliphatic carbocycles. The van der Waals surface area contributed by atoms with E-state index in [0.29, 0.717) is 11.4 Å². The van der Waals surface area contributed by atoms with Crippen molar-refractivity contribution in [1.29, 1.82) is 0 Å². The van der Waals surface area contributed by atoms with Gasteiger partial charge in [-0.25, -0.2) is 0 Å². The lowest BCUT2D eigenvalue weighted by atomic mass is 10.3. The Hall–Kier alpha value is -2.03. The van der Waals surface area contributed by atoms with Crippen molar-refractivity contribution in [2.75, 3.05) is 0 Å². The van der Waals surface area contributed by atoms with Crippen LogP contribution in [0.2, 0.25) is 0 Å². The van der Waals surface area contributed by atoms with Crippen LogP contribution in [-0.4, -0.2) is 10.9 Å². The first-order chi connectivity index (χ1) is 7.29. The molecule has 0 unspecified atom stereocenters. The SMILES string of the molecule is Cn1cc(C=O)cc1Oc1ccccc1. The number of hydrogen-bond acceptors (Lipinski definition) is 2. The lowest BCUT2D eigenvalue weighted by Crippen LogP contribution is -1.90. The maximum Gasteiger partial charge on any atom is 0.200 e. The fraction of sp³-hybridized carbons (Fsp3) is 0.0833. The highest BCUT2D eigenvalue weighted by molar-refractivity contribution is 5.75. The average molecular weight is 201 g/mol. The number of carbonyl (C=O) groups is 1. The Kier molecular flexibility index (Phi) is 2.54. The highest BCUT2D eigenvalue weighted by Crippen LogP contribution is 2.21. The Bertz CT molecular complexity index is 460. The van der Waals surface area contributed by atoms with Crippen molar-refractivity contribution >= 4 is 6.29 Å². The molecule has 0 radical (unpaired) electrons. The summed E-state index contributed by atoms with van der Waals surface area (Å²) in [5, 5.41) is 0. The molecule has 0 amide bonds. The van der Waals surface area contributed by atoms with Gasteiger partial charge < -0.3 is 9.30 Å². The zero-order valence-corrected chi connectivity index (χ0v) is 8.38.